The second-order valence-corrected chi connectivity index (χ2v) is 12.4. The summed E-state index contributed by atoms with van der Waals surface area (Å²) in [6.45, 7) is 13.9. The van der Waals surface area contributed by atoms with E-state index >= 15 is 0 Å². The van der Waals surface area contributed by atoms with Gasteiger partial charge in [-0.25, -0.2) is 0 Å². The number of fused-ring (bicyclic) bond motifs is 5. The number of hydrogen-bond donors (Lipinski definition) is 0. The maximum Gasteiger partial charge on any atom is 0.302 e. The molecule has 4 rings (SSSR count). The minimum absolute atomic E-state index is 0.0941. The zero-order valence-corrected chi connectivity index (χ0v) is 20.5. The Balaban J connectivity index is 1.49. The van der Waals surface area contributed by atoms with Gasteiger partial charge in [-0.3, -0.25) is 4.79 Å². The van der Waals surface area contributed by atoms with Crippen molar-refractivity contribution in [2.45, 2.75) is 105 Å². The Kier molecular flexibility index (Phi) is 6.19. The van der Waals surface area contributed by atoms with Crippen LogP contribution in [0.25, 0.3) is 0 Å². The van der Waals surface area contributed by atoms with Crippen molar-refractivity contribution in [3.8, 4) is 0 Å². The molecular formula is C28H46O2. The molecule has 0 spiro atoms. The van der Waals surface area contributed by atoms with Crippen molar-refractivity contribution in [2.75, 3.05) is 0 Å². The zero-order valence-electron chi connectivity index (χ0n) is 20.5. The summed E-state index contributed by atoms with van der Waals surface area (Å²) in [7, 11) is 0. The fourth-order valence-corrected chi connectivity index (χ4v) is 9.00. The van der Waals surface area contributed by atoms with Crippen LogP contribution < -0.4 is 0 Å². The van der Waals surface area contributed by atoms with Crippen LogP contribution in [0.15, 0.2) is 12.2 Å². The molecular weight excluding hydrogens is 368 g/mol. The van der Waals surface area contributed by atoms with Gasteiger partial charge < -0.3 is 4.74 Å². The molecule has 30 heavy (non-hydrogen) atoms. The van der Waals surface area contributed by atoms with E-state index in [-0.39, 0.29) is 12.1 Å². The van der Waals surface area contributed by atoms with E-state index in [0.717, 1.165) is 42.4 Å². The molecule has 2 nitrogen and oxygen atoms in total. The third-order valence-electron chi connectivity index (χ3n) is 10.5. The second-order valence-electron chi connectivity index (χ2n) is 12.4. The smallest absolute Gasteiger partial charge is 0.302 e. The van der Waals surface area contributed by atoms with Crippen molar-refractivity contribution in [1.82, 2.24) is 0 Å². The standard InChI is InChI=1S/C28H46O2/c1-18(2)7-8-19(3)24-11-12-25-23-10-9-21-17-22(30-20(4)29)13-15-27(21,5)26(23)14-16-28(24,25)6/h7-8,18-19,21-26H,9-17H2,1-6H3/b8-7+/t19-,21-,22-,23-,24+,25-,26-,27-,28-/m0/s1. The summed E-state index contributed by atoms with van der Waals surface area (Å²) < 4.78 is 5.64. The average molecular weight is 415 g/mol. The average Bonchev–Trinajstić information content (AvgIpc) is 3.03. The summed E-state index contributed by atoms with van der Waals surface area (Å²) in [4.78, 5) is 11.5. The van der Waals surface area contributed by atoms with Gasteiger partial charge in [-0.05, 0) is 110 Å². The summed E-state index contributed by atoms with van der Waals surface area (Å²) in [6.07, 6.45) is 17.1. The molecule has 4 fully saturated rings. The van der Waals surface area contributed by atoms with Gasteiger partial charge in [0.2, 0.25) is 0 Å². The third-order valence-corrected chi connectivity index (χ3v) is 10.5. The zero-order chi connectivity index (χ0) is 21.7. The number of ether oxygens (including phenoxy) is 1. The number of allylic oxidation sites excluding steroid dienone is 2. The van der Waals surface area contributed by atoms with Gasteiger partial charge in [0, 0.05) is 6.92 Å². The molecule has 0 aromatic carbocycles. The lowest BCUT2D eigenvalue weighted by molar-refractivity contribution is -0.160. The van der Waals surface area contributed by atoms with Gasteiger partial charge in [-0.15, -0.1) is 0 Å². The van der Waals surface area contributed by atoms with Crippen LogP contribution in [0.4, 0.5) is 0 Å². The topological polar surface area (TPSA) is 26.3 Å². The van der Waals surface area contributed by atoms with Crippen molar-refractivity contribution in [3.63, 3.8) is 0 Å². The molecule has 0 radical (unpaired) electrons. The lowest BCUT2D eigenvalue weighted by Gasteiger charge is -2.61. The number of esters is 1. The highest BCUT2D eigenvalue weighted by atomic mass is 16.5. The molecule has 0 heterocycles. The minimum Gasteiger partial charge on any atom is -0.463 e. The minimum atomic E-state index is -0.0941. The van der Waals surface area contributed by atoms with E-state index < -0.39 is 0 Å². The van der Waals surface area contributed by atoms with Crippen LogP contribution in [0.5, 0.6) is 0 Å². The van der Waals surface area contributed by atoms with E-state index in [1.807, 2.05) is 0 Å². The lowest BCUT2D eigenvalue weighted by atomic mass is 9.44. The van der Waals surface area contributed by atoms with Gasteiger partial charge in [-0.1, -0.05) is 46.8 Å². The molecule has 170 valence electrons. The van der Waals surface area contributed by atoms with Crippen LogP contribution in [0.2, 0.25) is 0 Å². The molecule has 4 aliphatic rings. The van der Waals surface area contributed by atoms with E-state index in [9.17, 15) is 4.79 Å². The Bertz CT molecular complexity index is 666. The lowest BCUT2D eigenvalue weighted by Crippen LogP contribution is -2.54. The summed E-state index contributed by atoms with van der Waals surface area (Å²) in [5, 5.41) is 0. The van der Waals surface area contributed by atoms with Crippen LogP contribution in [0.1, 0.15) is 99.3 Å². The van der Waals surface area contributed by atoms with Gasteiger partial charge in [0.1, 0.15) is 6.10 Å². The Hall–Kier alpha value is -0.790. The molecule has 0 aliphatic heterocycles. The quantitative estimate of drug-likeness (QED) is 0.353. The molecule has 0 unspecified atom stereocenters. The highest BCUT2D eigenvalue weighted by molar-refractivity contribution is 5.66. The van der Waals surface area contributed by atoms with Crippen LogP contribution in [-0.2, 0) is 9.53 Å². The summed E-state index contributed by atoms with van der Waals surface area (Å²) in [5.41, 5.74) is 1.02. The molecule has 9 atom stereocenters. The molecule has 0 amide bonds. The first-order valence-corrected chi connectivity index (χ1v) is 13.0. The van der Waals surface area contributed by atoms with E-state index in [2.05, 4.69) is 46.8 Å². The predicted molar refractivity (Wildman–Crippen MR) is 124 cm³/mol. The number of hydrogen-bond acceptors (Lipinski definition) is 2. The van der Waals surface area contributed by atoms with Crippen LogP contribution in [0.3, 0.4) is 0 Å². The Morgan fingerprint density at radius 2 is 1.60 bits per heavy atom. The van der Waals surface area contributed by atoms with E-state index in [4.69, 9.17) is 4.74 Å². The normalized spacial score (nSPS) is 46.9. The van der Waals surface area contributed by atoms with Crippen molar-refractivity contribution in [2.24, 2.45) is 52.3 Å². The highest BCUT2D eigenvalue weighted by Crippen LogP contribution is 2.68. The fraction of sp³-hybridized carbons (Fsp3) is 0.893. The molecule has 2 heteroatoms. The van der Waals surface area contributed by atoms with Crippen molar-refractivity contribution < 1.29 is 9.53 Å². The van der Waals surface area contributed by atoms with E-state index in [0.29, 0.717) is 22.7 Å². The second kappa shape index (κ2) is 8.28. The van der Waals surface area contributed by atoms with Crippen LogP contribution >= 0.6 is 0 Å². The summed E-state index contributed by atoms with van der Waals surface area (Å²) >= 11 is 0. The summed E-state index contributed by atoms with van der Waals surface area (Å²) in [5.74, 6) is 5.66. The Morgan fingerprint density at radius 1 is 0.900 bits per heavy atom. The first-order chi connectivity index (χ1) is 14.1. The van der Waals surface area contributed by atoms with E-state index in [1.165, 1.54) is 44.9 Å². The van der Waals surface area contributed by atoms with Crippen LogP contribution in [-0.4, -0.2) is 12.1 Å². The van der Waals surface area contributed by atoms with Gasteiger partial charge in [0.25, 0.3) is 0 Å². The fourth-order valence-electron chi connectivity index (χ4n) is 9.00. The predicted octanol–water partition coefficient (Wildman–Crippen LogP) is 7.43. The SMILES string of the molecule is CC(=O)O[C@H]1CC[C@@]2(C)[C@@H](CC[C@@H]3[C@@H]2CC[C@@]2(C)[C@@H]([C@@H](C)/C=C/C(C)C)CC[C@@H]32)C1. The van der Waals surface area contributed by atoms with Gasteiger partial charge in [0.05, 0.1) is 0 Å². The highest BCUT2D eigenvalue weighted by Gasteiger charge is 2.60. The number of rotatable bonds is 4. The molecule has 0 saturated heterocycles. The van der Waals surface area contributed by atoms with Gasteiger partial charge >= 0.3 is 5.97 Å². The molecule has 0 bridgehead atoms. The molecule has 0 aromatic rings. The first kappa shape index (κ1) is 22.4. The number of carbonyl (C=O) groups excluding carboxylic acids is 1. The maximum absolute atomic E-state index is 11.5. The van der Waals surface area contributed by atoms with Crippen molar-refractivity contribution in [3.05, 3.63) is 12.2 Å². The van der Waals surface area contributed by atoms with E-state index in [1.54, 1.807) is 6.92 Å². The molecule has 0 aromatic heterocycles. The van der Waals surface area contributed by atoms with Gasteiger partial charge in [0.15, 0.2) is 0 Å². The van der Waals surface area contributed by atoms with Crippen molar-refractivity contribution in [1.29, 1.82) is 0 Å². The maximum atomic E-state index is 11.5. The Morgan fingerprint density at radius 3 is 2.30 bits per heavy atom. The number of carbonyl (C=O) groups is 1. The monoisotopic (exact) mass is 414 g/mol. The molecule has 4 saturated carbocycles. The Labute approximate surface area is 185 Å². The van der Waals surface area contributed by atoms with Crippen molar-refractivity contribution >= 4 is 5.97 Å². The first-order valence-electron chi connectivity index (χ1n) is 13.0. The van der Waals surface area contributed by atoms with Crippen LogP contribution in [0, 0.1) is 52.3 Å². The largest absolute Gasteiger partial charge is 0.463 e. The summed E-state index contributed by atoms with van der Waals surface area (Å²) in [6, 6.07) is 0. The van der Waals surface area contributed by atoms with Gasteiger partial charge in [-0.2, -0.15) is 0 Å². The molecule has 0 N–H and O–H groups in total. The molecule has 4 aliphatic carbocycles. The third kappa shape index (κ3) is 3.79.